The van der Waals surface area contributed by atoms with Gasteiger partial charge in [-0.15, -0.1) is 10.2 Å². The highest BCUT2D eigenvalue weighted by Crippen LogP contribution is 2.28. The van der Waals surface area contributed by atoms with Crippen molar-refractivity contribution in [3.05, 3.63) is 24.3 Å². The van der Waals surface area contributed by atoms with E-state index in [2.05, 4.69) is 40.4 Å². The number of hydrogen-bond donors (Lipinski definition) is 0. The van der Waals surface area contributed by atoms with Gasteiger partial charge in [-0.25, -0.2) is 0 Å². The van der Waals surface area contributed by atoms with E-state index in [4.69, 9.17) is 4.74 Å². The Bertz CT molecular complexity index is 804. The highest BCUT2D eigenvalue weighted by Gasteiger charge is 2.26. The first-order valence-corrected chi connectivity index (χ1v) is 11.5. The van der Waals surface area contributed by atoms with E-state index in [9.17, 15) is 4.79 Å². The first-order chi connectivity index (χ1) is 14.0. The second-order valence-corrected chi connectivity index (χ2v) is 8.92. The number of benzene rings is 1. The molecule has 1 aliphatic rings. The van der Waals surface area contributed by atoms with Gasteiger partial charge in [0.05, 0.1) is 12.9 Å². The molecule has 2 aromatic rings. The van der Waals surface area contributed by atoms with E-state index < -0.39 is 0 Å². The van der Waals surface area contributed by atoms with E-state index in [1.54, 1.807) is 7.11 Å². The third-order valence-electron chi connectivity index (χ3n) is 5.36. The van der Waals surface area contributed by atoms with Crippen molar-refractivity contribution in [3.8, 4) is 17.1 Å². The second kappa shape index (κ2) is 10.1. The molecule has 1 aliphatic heterocycles. The number of carbonyl (C=O) groups is 1. The molecule has 158 valence electrons. The summed E-state index contributed by atoms with van der Waals surface area (Å²) >= 11 is 1.50. The Kier molecular flexibility index (Phi) is 7.58. The molecule has 2 heterocycles. The van der Waals surface area contributed by atoms with Crippen molar-refractivity contribution in [2.45, 2.75) is 64.2 Å². The van der Waals surface area contributed by atoms with Crippen LogP contribution < -0.4 is 4.74 Å². The molecule has 6 nitrogen and oxygen atoms in total. The Morgan fingerprint density at radius 3 is 2.66 bits per heavy atom. The van der Waals surface area contributed by atoms with Crippen LogP contribution in [0.3, 0.4) is 0 Å². The maximum absolute atomic E-state index is 12.9. The summed E-state index contributed by atoms with van der Waals surface area (Å²) in [5, 5.41) is 9.67. The monoisotopic (exact) mass is 416 g/mol. The Morgan fingerprint density at radius 1 is 1.24 bits per heavy atom. The molecule has 3 rings (SSSR count). The van der Waals surface area contributed by atoms with Gasteiger partial charge in [0.2, 0.25) is 5.91 Å². The molecule has 1 amide bonds. The topological polar surface area (TPSA) is 60.3 Å². The van der Waals surface area contributed by atoms with E-state index in [1.165, 1.54) is 18.2 Å². The number of carbonyl (C=O) groups excluding carboxylic acids is 1. The smallest absolute Gasteiger partial charge is 0.233 e. The van der Waals surface area contributed by atoms with Gasteiger partial charge in [0.15, 0.2) is 11.0 Å². The summed E-state index contributed by atoms with van der Waals surface area (Å²) in [4.78, 5) is 14.9. The zero-order valence-corrected chi connectivity index (χ0v) is 18.7. The van der Waals surface area contributed by atoms with Crippen LogP contribution in [0.25, 0.3) is 11.4 Å². The average molecular weight is 417 g/mol. The molecule has 29 heavy (non-hydrogen) atoms. The quantitative estimate of drug-likeness (QED) is 0.593. The normalized spacial score (nSPS) is 17.0. The van der Waals surface area contributed by atoms with Crippen molar-refractivity contribution in [3.63, 3.8) is 0 Å². The molecule has 0 bridgehead atoms. The summed E-state index contributed by atoms with van der Waals surface area (Å²) in [6.45, 7) is 8.22. The zero-order chi connectivity index (χ0) is 20.8. The van der Waals surface area contributed by atoms with Gasteiger partial charge in [0.1, 0.15) is 5.75 Å². The van der Waals surface area contributed by atoms with Gasteiger partial charge in [0, 0.05) is 24.7 Å². The number of amides is 1. The zero-order valence-electron chi connectivity index (χ0n) is 17.9. The summed E-state index contributed by atoms with van der Waals surface area (Å²) in [6.07, 6.45) is 4.49. The van der Waals surface area contributed by atoms with E-state index >= 15 is 0 Å². The number of piperidine rings is 1. The molecule has 1 atom stereocenters. The minimum atomic E-state index is 0.214. The van der Waals surface area contributed by atoms with Gasteiger partial charge >= 0.3 is 0 Å². The molecule has 0 unspecified atom stereocenters. The molecule has 1 fully saturated rings. The third-order valence-corrected chi connectivity index (χ3v) is 6.31. The molecule has 1 saturated heterocycles. The van der Waals surface area contributed by atoms with Crippen LogP contribution >= 0.6 is 11.8 Å². The number of hydrogen-bond acceptors (Lipinski definition) is 5. The summed E-state index contributed by atoms with van der Waals surface area (Å²) in [6, 6.07) is 8.25. The largest absolute Gasteiger partial charge is 0.497 e. The van der Waals surface area contributed by atoms with Crippen LogP contribution in [0.4, 0.5) is 0 Å². The van der Waals surface area contributed by atoms with Gasteiger partial charge in [-0.3, -0.25) is 4.79 Å². The molecule has 0 spiro atoms. The van der Waals surface area contributed by atoms with Crippen LogP contribution in [0.5, 0.6) is 5.75 Å². The van der Waals surface area contributed by atoms with E-state index in [0.717, 1.165) is 54.6 Å². The molecular weight excluding hydrogens is 384 g/mol. The van der Waals surface area contributed by atoms with Crippen molar-refractivity contribution < 1.29 is 9.53 Å². The Hall–Kier alpha value is -2.02. The lowest BCUT2D eigenvalue weighted by atomic mass is 10.0. The third kappa shape index (κ3) is 5.32. The number of rotatable bonds is 8. The number of nitrogens with zero attached hydrogens (tertiary/aromatic N) is 4. The Labute approximate surface area is 178 Å². The predicted octanol–water partition coefficient (Wildman–Crippen LogP) is 4.49. The minimum absolute atomic E-state index is 0.214. The van der Waals surface area contributed by atoms with Gasteiger partial charge in [-0.1, -0.05) is 32.5 Å². The molecule has 0 aliphatic carbocycles. The SMILES string of the molecule is CC[C@H]1CCCCN1C(=O)CSc1nnc(-c2ccc(OC)cc2)n1CC(C)C. The van der Waals surface area contributed by atoms with Crippen LogP contribution in [0.15, 0.2) is 29.4 Å². The van der Waals surface area contributed by atoms with Gasteiger partial charge in [0.25, 0.3) is 0 Å². The van der Waals surface area contributed by atoms with Crippen molar-refractivity contribution in [2.24, 2.45) is 5.92 Å². The molecule has 7 heteroatoms. The number of likely N-dealkylation sites (tertiary alicyclic amines) is 1. The molecule has 1 aromatic carbocycles. The van der Waals surface area contributed by atoms with Gasteiger partial charge in [-0.2, -0.15) is 0 Å². The van der Waals surface area contributed by atoms with Crippen molar-refractivity contribution in [1.82, 2.24) is 19.7 Å². The lowest BCUT2D eigenvalue weighted by Crippen LogP contribution is -2.44. The first kappa shape index (κ1) is 21.7. The fraction of sp³-hybridized carbons (Fsp3) is 0.591. The lowest BCUT2D eigenvalue weighted by molar-refractivity contribution is -0.132. The summed E-state index contributed by atoms with van der Waals surface area (Å²) in [5.41, 5.74) is 0.999. The lowest BCUT2D eigenvalue weighted by Gasteiger charge is -2.35. The summed E-state index contributed by atoms with van der Waals surface area (Å²) < 4.78 is 7.39. The van der Waals surface area contributed by atoms with Gasteiger partial charge < -0.3 is 14.2 Å². The number of aromatic nitrogens is 3. The van der Waals surface area contributed by atoms with E-state index in [0.29, 0.717) is 17.7 Å². The Balaban J connectivity index is 1.76. The highest BCUT2D eigenvalue weighted by atomic mass is 32.2. The molecule has 0 saturated carbocycles. The van der Waals surface area contributed by atoms with Gasteiger partial charge in [-0.05, 0) is 55.9 Å². The van der Waals surface area contributed by atoms with Crippen LogP contribution in [0, 0.1) is 5.92 Å². The second-order valence-electron chi connectivity index (χ2n) is 7.97. The predicted molar refractivity (Wildman–Crippen MR) is 117 cm³/mol. The van der Waals surface area contributed by atoms with Crippen LogP contribution in [0.1, 0.15) is 46.5 Å². The summed E-state index contributed by atoms with van der Waals surface area (Å²) in [5.74, 6) is 2.72. The fourth-order valence-corrected chi connectivity index (χ4v) is 4.68. The average Bonchev–Trinajstić information content (AvgIpc) is 3.13. The van der Waals surface area contributed by atoms with Crippen molar-refractivity contribution in [1.29, 1.82) is 0 Å². The summed E-state index contributed by atoms with van der Waals surface area (Å²) in [7, 11) is 1.66. The number of thioether (sulfide) groups is 1. The maximum atomic E-state index is 12.9. The molecule has 0 radical (unpaired) electrons. The van der Waals surface area contributed by atoms with E-state index in [1.807, 2.05) is 24.3 Å². The fourth-order valence-electron chi connectivity index (χ4n) is 3.84. The van der Waals surface area contributed by atoms with Crippen LogP contribution in [0.2, 0.25) is 0 Å². The van der Waals surface area contributed by atoms with Crippen LogP contribution in [-0.2, 0) is 11.3 Å². The number of ether oxygens (including phenoxy) is 1. The molecule has 0 N–H and O–H groups in total. The maximum Gasteiger partial charge on any atom is 0.233 e. The highest BCUT2D eigenvalue weighted by molar-refractivity contribution is 7.99. The minimum Gasteiger partial charge on any atom is -0.497 e. The van der Waals surface area contributed by atoms with Crippen molar-refractivity contribution in [2.75, 3.05) is 19.4 Å². The number of methoxy groups -OCH3 is 1. The molecular formula is C22H32N4O2S. The van der Waals surface area contributed by atoms with Crippen LogP contribution in [-0.4, -0.2) is 51.0 Å². The van der Waals surface area contributed by atoms with Crippen molar-refractivity contribution >= 4 is 17.7 Å². The first-order valence-electron chi connectivity index (χ1n) is 10.5. The molecule has 1 aromatic heterocycles. The standard InChI is InChI=1S/C22H32N4O2S/c1-5-18-8-6-7-13-25(18)20(27)15-29-22-24-23-21(26(22)14-16(2)3)17-9-11-19(28-4)12-10-17/h9-12,16,18H,5-8,13-15H2,1-4H3/t18-/m0/s1. The Morgan fingerprint density at radius 2 is 2.00 bits per heavy atom. The van der Waals surface area contributed by atoms with E-state index in [-0.39, 0.29) is 5.91 Å².